The van der Waals surface area contributed by atoms with Crippen molar-refractivity contribution in [2.24, 2.45) is 0 Å². The van der Waals surface area contributed by atoms with Crippen LogP contribution in [0.15, 0.2) is 23.4 Å². The van der Waals surface area contributed by atoms with Crippen LogP contribution < -0.4 is 5.32 Å². The second kappa shape index (κ2) is 6.27. The Balaban J connectivity index is 2.21. The van der Waals surface area contributed by atoms with E-state index in [1.807, 2.05) is 12.1 Å². The molecule has 1 rings (SSSR count). The highest BCUT2D eigenvalue weighted by Gasteiger charge is 1.96. The molecule has 0 spiro atoms. The molecule has 0 aromatic carbocycles. The standard InChI is InChI=1S/C10H15ClN2S/c1-8(2)12-5-6-14-10-4-3-9(11)7-13-10/h3-4,7-8,12H,5-6H2,1-2H3. The molecule has 0 fully saturated rings. The first-order valence-corrected chi connectivity index (χ1v) is 6.02. The molecule has 1 heterocycles. The van der Waals surface area contributed by atoms with Gasteiger partial charge in [-0.3, -0.25) is 0 Å². The van der Waals surface area contributed by atoms with E-state index in [9.17, 15) is 0 Å². The largest absolute Gasteiger partial charge is 0.314 e. The third-order valence-corrected chi connectivity index (χ3v) is 2.77. The van der Waals surface area contributed by atoms with Crippen LogP contribution in [0.25, 0.3) is 0 Å². The first-order chi connectivity index (χ1) is 6.68. The molecular formula is C10H15ClN2S. The Kier molecular flexibility index (Phi) is 5.30. The van der Waals surface area contributed by atoms with E-state index in [0.29, 0.717) is 11.1 Å². The maximum Gasteiger partial charge on any atom is 0.0961 e. The highest BCUT2D eigenvalue weighted by molar-refractivity contribution is 7.99. The molecule has 14 heavy (non-hydrogen) atoms. The second-order valence-electron chi connectivity index (χ2n) is 3.27. The van der Waals surface area contributed by atoms with Crippen LogP contribution in [0.5, 0.6) is 0 Å². The first-order valence-electron chi connectivity index (χ1n) is 4.66. The summed E-state index contributed by atoms with van der Waals surface area (Å²) in [6.45, 7) is 5.29. The molecule has 0 bridgehead atoms. The van der Waals surface area contributed by atoms with Crippen LogP contribution >= 0.6 is 23.4 Å². The Morgan fingerprint density at radius 3 is 2.86 bits per heavy atom. The summed E-state index contributed by atoms with van der Waals surface area (Å²) in [6, 6.07) is 4.36. The van der Waals surface area contributed by atoms with Crippen molar-refractivity contribution in [2.45, 2.75) is 24.9 Å². The van der Waals surface area contributed by atoms with Crippen molar-refractivity contribution >= 4 is 23.4 Å². The maximum atomic E-state index is 5.73. The number of rotatable bonds is 5. The lowest BCUT2D eigenvalue weighted by atomic mass is 10.4. The number of thioether (sulfide) groups is 1. The molecule has 0 amide bonds. The van der Waals surface area contributed by atoms with Gasteiger partial charge in [-0.1, -0.05) is 25.4 Å². The fraction of sp³-hybridized carbons (Fsp3) is 0.500. The van der Waals surface area contributed by atoms with E-state index in [-0.39, 0.29) is 0 Å². The van der Waals surface area contributed by atoms with Crippen molar-refractivity contribution in [3.63, 3.8) is 0 Å². The molecule has 0 saturated carbocycles. The lowest BCUT2D eigenvalue weighted by Crippen LogP contribution is -2.24. The molecule has 0 atom stereocenters. The van der Waals surface area contributed by atoms with E-state index in [2.05, 4.69) is 24.1 Å². The lowest BCUT2D eigenvalue weighted by Gasteiger charge is -2.06. The Bertz CT molecular complexity index is 261. The van der Waals surface area contributed by atoms with Gasteiger partial charge in [0.2, 0.25) is 0 Å². The summed E-state index contributed by atoms with van der Waals surface area (Å²) in [5.74, 6) is 1.03. The summed E-state index contributed by atoms with van der Waals surface area (Å²) in [6.07, 6.45) is 1.68. The van der Waals surface area contributed by atoms with Gasteiger partial charge >= 0.3 is 0 Å². The molecule has 4 heteroatoms. The van der Waals surface area contributed by atoms with E-state index >= 15 is 0 Å². The minimum Gasteiger partial charge on any atom is -0.314 e. The van der Waals surface area contributed by atoms with Gasteiger partial charge in [0.05, 0.1) is 10.0 Å². The van der Waals surface area contributed by atoms with Gasteiger partial charge in [-0.2, -0.15) is 0 Å². The van der Waals surface area contributed by atoms with Gasteiger partial charge in [-0.25, -0.2) is 4.98 Å². The second-order valence-corrected chi connectivity index (χ2v) is 4.82. The summed E-state index contributed by atoms with van der Waals surface area (Å²) in [7, 11) is 0. The van der Waals surface area contributed by atoms with Crippen LogP contribution in [0.4, 0.5) is 0 Å². The quantitative estimate of drug-likeness (QED) is 0.622. The van der Waals surface area contributed by atoms with Crippen LogP contribution in [0.3, 0.4) is 0 Å². The molecule has 1 aromatic heterocycles. The zero-order valence-electron chi connectivity index (χ0n) is 8.46. The Labute approximate surface area is 94.5 Å². The summed E-state index contributed by atoms with van der Waals surface area (Å²) in [4.78, 5) is 4.20. The molecule has 1 N–H and O–H groups in total. The van der Waals surface area contributed by atoms with Crippen molar-refractivity contribution in [3.8, 4) is 0 Å². The maximum absolute atomic E-state index is 5.73. The molecule has 0 aliphatic heterocycles. The minimum absolute atomic E-state index is 0.550. The predicted octanol–water partition coefficient (Wildman–Crippen LogP) is 2.83. The molecule has 0 radical (unpaired) electrons. The predicted molar refractivity (Wildman–Crippen MR) is 63.1 cm³/mol. The van der Waals surface area contributed by atoms with Gasteiger partial charge in [-0.15, -0.1) is 11.8 Å². The summed E-state index contributed by atoms with van der Waals surface area (Å²) in [5.41, 5.74) is 0. The number of halogens is 1. The number of pyridine rings is 1. The van der Waals surface area contributed by atoms with Crippen LogP contribution in [-0.2, 0) is 0 Å². The fourth-order valence-electron chi connectivity index (χ4n) is 0.951. The first kappa shape index (κ1) is 11.8. The molecular weight excluding hydrogens is 216 g/mol. The summed E-state index contributed by atoms with van der Waals surface area (Å²) in [5, 5.41) is 5.07. The molecule has 0 aliphatic rings. The zero-order chi connectivity index (χ0) is 10.4. The van der Waals surface area contributed by atoms with Gasteiger partial charge in [0.1, 0.15) is 0 Å². The highest BCUT2D eigenvalue weighted by atomic mass is 35.5. The van der Waals surface area contributed by atoms with Crippen molar-refractivity contribution in [2.75, 3.05) is 12.3 Å². The van der Waals surface area contributed by atoms with Gasteiger partial charge in [0.25, 0.3) is 0 Å². The fourth-order valence-corrected chi connectivity index (χ4v) is 1.78. The zero-order valence-corrected chi connectivity index (χ0v) is 10.0. The number of aromatic nitrogens is 1. The van der Waals surface area contributed by atoms with Crippen LogP contribution in [0.1, 0.15) is 13.8 Å². The third kappa shape index (κ3) is 4.84. The topological polar surface area (TPSA) is 24.9 Å². The lowest BCUT2D eigenvalue weighted by molar-refractivity contribution is 0.616. The monoisotopic (exact) mass is 230 g/mol. The van der Waals surface area contributed by atoms with Crippen LogP contribution in [0.2, 0.25) is 5.02 Å². The Hall–Kier alpha value is -0.250. The molecule has 1 aromatic rings. The van der Waals surface area contributed by atoms with Crippen molar-refractivity contribution in [3.05, 3.63) is 23.4 Å². The molecule has 0 unspecified atom stereocenters. The van der Waals surface area contributed by atoms with Crippen LogP contribution in [-0.4, -0.2) is 23.3 Å². The van der Waals surface area contributed by atoms with E-state index in [1.165, 1.54) is 0 Å². The smallest absolute Gasteiger partial charge is 0.0961 e. The normalized spacial score (nSPS) is 10.9. The van der Waals surface area contributed by atoms with Gasteiger partial charge in [0, 0.05) is 24.5 Å². The highest BCUT2D eigenvalue weighted by Crippen LogP contribution is 2.16. The van der Waals surface area contributed by atoms with Crippen molar-refractivity contribution in [1.82, 2.24) is 10.3 Å². The summed E-state index contributed by atoms with van der Waals surface area (Å²) < 4.78 is 0. The molecule has 78 valence electrons. The number of hydrogen-bond acceptors (Lipinski definition) is 3. The van der Waals surface area contributed by atoms with Crippen molar-refractivity contribution < 1.29 is 0 Å². The van der Waals surface area contributed by atoms with E-state index in [0.717, 1.165) is 17.3 Å². The molecule has 0 aliphatic carbocycles. The minimum atomic E-state index is 0.550. The average Bonchev–Trinajstić information content (AvgIpc) is 2.15. The Morgan fingerprint density at radius 2 is 2.29 bits per heavy atom. The van der Waals surface area contributed by atoms with Gasteiger partial charge in [0.15, 0.2) is 0 Å². The number of nitrogens with zero attached hydrogens (tertiary/aromatic N) is 1. The van der Waals surface area contributed by atoms with E-state index in [1.54, 1.807) is 18.0 Å². The average molecular weight is 231 g/mol. The van der Waals surface area contributed by atoms with Crippen LogP contribution in [0, 0.1) is 0 Å². The van der Waals surface area contributed by atoms with Crippen molar-refractivity contribution in [1.29, 1.82) is 0 Å². The van der Waals surface area contributed by atoms with E-state index < -0.39 is 0 Å². The summed E-state index contributed by atoms with van der Waals surface area (Å²) >= 11 is 7.47. The third-order valence-electron chi connectivity index (χ3n) is 1.60. The van der Waals surface area contributed by atoms with E-state index in [4.69, 9.17) is 11.6 Å². The van der Waals surface area contributed by atoms with Gasteiger partial charge < -0.3 is 5.32 Å². The Morgan fingerprint density at radius 1 is 1.50 bits per heavy atom. The molecule has 2 nitrogen and oxygen atoms in total. The number of hydrogen-bond donors (Lipinski definition) is 1. The molecule has 0 saturated heterocycles. The SMILES string of the molecule is CC(C)NCCSc1ccc(Cl)cn1. The van der Waals surface area contributed by atoms with Gasteiger partial charge in [-0.05, 0) is 12.1 Å². The number of nitrogens with one attached hydrogen (secondary N) is 1.